The third kappa shape index (κ3) is 4.59. The molecular formula is C15H22O2. The topological polar surface area (TPSA) is 37.3 Å². The van der Waals surface area contributed by atoms with Crippen molar-refractivity contribution in [3.63, 3.8) is 0 Å². The number of carbonyl (C=O) groups is 1. The van der Waals surface area contributed by atoms with E-state index in [0.717, 1.165) is 31.2 Å². The Bertz CT molecular complexity index is 340. The van der Waals surface area contributed by atoms with Crippen molar-refractivity contribution >= 4 is 5.97 Å². The SMILES string of the molecule is CCCc1ccc(C(CCC)CC(=O)O)cc1. The maximum Gasteiger partial charge on any atom is 0.303 e. The molecule has 0 amide bonds. The molecule has 0 aliphatic carbocycles. The van der Waals surface area contributed by atoms with Gasteiger partial charge in [0.05, 0.1) is 6.42 Å². The Hall–Kier alpha value is -1.31. The summed E-state index contributed by atoms with van der Waals surface area (Å²) in [6.07, 6.45) is 4.44. The highest BCUT2D eigenvalue weighted by atomic mass is 16.4. The number of aryl methyl sites for hydroxylation is 1. The Balaban J connectivity index is 2.75. The summed E-state index contributed by atoms with van der Waals surface area (Å²) < 4.78 is 0. The van der Waals surface area contributed by atoms with E-state index in [4.69, 9.17) is 5.11 Å². The fourth-order valence-corrected chi connectivity index (χ4v) is 2.19. The molecule has 0 saturated heterocycles. The average molecular weight is 234 g/mol. The lowest BCUT2D eigenvalue weighted by Gasteiger charge is -2.14. The minimum atomic E-state index is -0.707. The predicted octanol–water partition coefficient (Wildman–Crippen LogP) is 4.00. The highest BCUT2D eigenvalue weighted by Crippen LogP contribution is 2.25. The number of rotatable bonds is 7. The number of carboxylic acid groups (broad SMARTS) is 1. The molecule has 2 nitrogen and oxygen atoms in total. The van der Waals surface area contributed by atoms with Crippen LogP contribution in [0.1, 0.15) is 56.6 Å². The van der Waals surface area contributed by atoms with E-state index in [0.29, 0.717) is 0 Å². The summed E-state index contributed by atoms with van der Waals surface area (Å²) in [6.45, 7) is 4.26. The van der Waals surface area contributed by atoms with Crippen LogP contribution in [-0.4, -0.2) is 11.1 Å². The van der Waals surface area contributed by atoms with Crippen LogP contribution in [0, 0.1) is 0 Å². The molecule has 0 aliphatic rings. The van der Waals surface area contributed by atoms with Gasteiger partial charge >= 0.3 is 5.97 Å². The molecular weight excluding hydrogens is 212 g/mol. The molecule has 1 N–H and O–H groups in total. The summed E-state index contributed by atoms with van der Waals surface area (Å²) in [7, 11) is 0. The van der Waals surface area contributed by atoms with E-state index in [1.807, 2.05) is 0 Å². The normalized spacial score (nSPS) is 12.4. The molecule has 94 valence electrons. The molecule has 0 fully saturated rings. The molecule has 1 atom stereocenters. The second-order valence-electron chi connectivity index (χ2n) is 4.58. The van der Waals surface area contributed by atoms with Crippen molar-refractivity contribution in [3.8, 4) is 0 Å². The first kappa shape index (κ1) is 13.8. The van der Waals surface area contributed by atoms with Gasteiger partial charge in [-0.25, -0.2) is 0 Å². The van der Waals surface area contributed by atoms with Crippen LogP contribution in [0.25, 0.3) is 0 Å². The van der Waals surface area contributed by atoms with Crippen LogP contribution in [-0.2, 0) is 11.2 Å². The third-order valence-electron chi connectivity index (χ3n) is 3.05. The minimum Gasteiger partial charge on any atom is -0.481 e. The number of aliphatic carboxylic acids is 1. The van der Waals surface area contributed by atoms with Gasteiger partial charge in [0.2, 0.25) is 0 Å². The minimum absolute atomic E-state index is 0.160. The lowest BCUT2D eigenvalue weighted by Crippen LogP contribution is -2.06. The Morgan fingerprint density at radius 3 is 2.29 bits per heavy atom. The van der Waals surface area contributed by atoms with Crippen molar-refractivity contribution in [3.05, 3.63) is 35.4 Å². The standard InChI is InChI=1S/C15H22O2/c1-3-5-12-7-9-13(10-8-12)14(6-4-2)11-15(16)17/h7-10,14H,3-6,11H2,1-2H3,(H,16,17). The molecule has 17 heavy (non-hydrogen) atoms. The highest BCUT2D eigenvalue weighted by molar-refractivity contribution is 5.68. The van der Waals surface area contributed by atoms with Gasteiger partial charge < -0.3 is 5.11 Å². The first-order valence-electron chi connectivity index (χ1n) is 6.48. The van der Waals surface area contributed by atoms with Crippen LogP contribution in [0.2, 0.25) is 0 Å². The first-order chi connectivity index (χ1) is 8.17. The van der Waals surface area contributed by atoms with Gasteiger partial charge in [-0.15, -0.1) is 0 Å². The Morgan fingerprint density at radius 2 is 1.82 bits per heavy atom. The second kappa shape index (κ2) is 7.10. The summed E-state index contributed by atoms with van der Waals surface area (Å²) in [4.78, 5) is 10.8. The zero-order chi connectivity index (χ0) is 12.7. The van der Waals surface area contributed by atoms with E-state index in [-0.39, 0.29) is 12.3 Å². The van der Waals surface area contributed by atoms with E-state index in [2.05, 4.69) is 38.1 Å². The zero-order valence-corrected chi connectivity index (χ0v) is 10.8. The number of hydrogen-bond donors (Lipinski definition) is 1. The molecule has 0 spiro atoms. The largest absolute Gasteiger partial charge is 0.481 e. The number of hydrogen-bond acceptors (Lipinski definition) is 1. The molecule has 1 aromatic rings. The van der Waals surface area contributed by atoms with Crippen molar-refractivity contribution in [1.82, 2.24) is 0 Å². The summed E-state index contributed by atoms with van der Waals surface area (Å²) in [5.41, 5.74) is 2.50. The van der Waals surface area contributed by atoms with E-state index in [9.17, 15) is 4.79 Å². The van der Waals surface area contributed by atoms with Gasteiger partial charge in [-0.1, -0.05) is 51.0 Å². The van der Waals surface area contributed by atoms with Crippen LogP contribution >= 0.6 is 0 Å². The molecule has 0 radical (unpaired) electrons. The predicted molar refractivity (Wildman–Crippen MR) is 70.3 cm³/mol. The van der Waals surface area contributed by atoms with Gasteiger partial charge in [0.15, 0.2) is 0 Å². The van der Waals surface area contributed by atoms with Crippen LogP contribution in [0.4, 0.5) is 0 Å². The van der Waals surface area contributed by atoms with E-state index < -0.39 is 5.97 Å². The molecule has 0 saturated carbocycles. The highest BCUT2D eigenvalue weighted by Gasteiger charge is 2.14. The summed E-state index contributed by atoms with van der Waals surface area (Å²) >= 11 is 0. The summed E-state index contributed by atoms with van der Waals surface area (Å²) in [6, 6.07) is 8.44. The Kier molecular flexibility index (Phi) is 5.75. The van der Waals surface area contributed by atoms with E-state index >= 15 is 0 Å². The van der Waals surface area contributed by atoms with E-state index in [1.165, 1.54) is 5.56 Å². The maximum atomic E-state index is 10.8. The number of benzene rings is 1. The maximum absolute atomic E-state index is 10.8. The first-order valence-corrected chi connectivity index (χ1v) is 6.48. The fourth-order valence-electron chi connectivity index (χ4n) is 2.19. The Labute approximate surface area is 104 Å². The van der Waals surface area contributed by atoms with Gasteiger partial charge in [-0.3, -0.25) is 4.79 Å². The Morgan fingerprint density at radius 1 is 1.18 bits per heavy atom. The molecule has 1 aromatic carbocycles. The van der Waals surface area contributed by atoms with Gasteiger partial charge in [0.1, 0.15) is 0 Å². The van der Waals surface area contributed by atoms with Crippen molar-refractivity contribution < 1.29 is 9.90 Å². The molecule has 0 heterocycles. The van der Waals surface area contributed by atoms with Gasteiger partial charge in [-0.05, 0) is 29.9 Å². The van der Waals surface area contributed by atoms with Crippen LogP contribution in [0.3, 0.4) is 0 Å². The van der Waals surface area contributed by atoms with Crippen LogP contribution in [0.15, 0.2) is 24.3 Å². The van der Waals surface area contributed by atoms with Crippen molar-refractivity contribution in [2.24, 2.45) is 0 Å². The third-order valence-corrected chi connectivity index (χ3v) is 3.05. The monoisotopic (exact) mass is 234 g/mol. The van der Waals surface area contributed by atoms with Crippen LogP contribution in [0.5, 0.6) is 0 Å². The van der Waals surface area contributed by atoms with Crippen LogP contribution < -0.4 is 0 Å². The quantitative estimate of drug-likeness (QED) is 0.774. The molecule has 0 aromatic heterocycles. The molecule has 1 rings (SSSR count). The lowest BCUT2D eigenvalue weighted by molar-refractivity contribution is -0.137. The van der Waals surface area contributed by atoms with Crippen molar-refractivity contribution in [1.29, 1.82) is 0 Å². The smallest absolute Gasteiger partial charge is 0.303 e. The van der Waals surface area contributed by atoms with Crippen molar-refractivity contribution in [2.75, 3.05) is 0 Å². The summed E-state index contributed by atoms with van der Waals surface area (Å²) in [5, 5.41) is 8.91. The van der Waals surface area contributed by atoms with Gasteiger partial charge in [0, 0.05) is 0 Å². The second-order valence-corrected chi connectivity index (χ2v) is 4.58. The molecule has 0 bridgehead atoms. The number of carboxylic acids is 1. The summed E-state index contributed by atoms with van der Waals surface area (Å²) in [5.74, 6) is -0.547. The molecule has 1 unspecified atom stereocenters. The lowest BCUT2D eigenvalue weighted by atomic mass is 9.90. The van der Waals surface area contributed by atoms with Gasteiger partial charge in [-0.2, -0.15) is 0 Å². The van der Waals surface area contributed by atoms with Gasteiger partial charge in [0.25, 0.3) is 0 Å². The molecule has 0 aliphatic heterocycles. The average Bonchev–Trinajstić information content (AvgIpc) is 2.29. The fraction of sp³-hybridized carbons (Fsp3) is 0.533. The zero-order valence-electron chi connectivity index (χ0n) is 10.8. The molecule has 2 heteroatoms. The van der Waals surface area contributed by atoms with E-state index in [1.54, 1.807) is 0 Å². The van der Waals surface area contributed by atoms with Crippen molar-refractivity contribution in [2.45, 2.75) is 51.9 Å².